The van der Waals surface area contributed by atoms with Gasteiger partial charge in [-0.3, -0.25) is 0 Å². The summed E-state index contributed by atoms with van der Waals surface area (Å²) in [7, 11) is 7.57. The molecule has 0 aromatic carbocycles. The Bertz CT molecular complexity index is 70.6. The van der Waals surface area contributed by atoms with Crippen molar-refractivity contribution in [3.8, 4) is 0 Å². The van der Waals surface area contributed by atoms with E-state index in [1.165, 1.54) is 25.7 Å². The maximum absolute atomic E-state index is 5.86. The lowest BCUT2D eigenvalue weighted by atomic mass is 10.2. The van der Waals surface area contributed by atoms with Gasteiger partial charge in [0.05, 0.1) is 0 Å². The Labute approximate surface area is 72.6 Å². The van der Waals surface area contributed by atoms with E-state index in [9.17, 15) is 0 Å². The van der Waals surface area contributed by atoms with Crippen LogP contribution in [0.2, 0.25) is 5.28 Å². The fourth-order valence-electron chi connectivity index (χ4n) is 0.849. The van der Waals surface area contributed by atoms with Crippen molar-refractivity contribution in [3.05, 3.63) is 0 Å². The first kappa shape index (κ1) is 10.8. The summed E-state index contributed by atoms with van der Waals surface area (Å²) < 4.78 is 5.03. The molecule has 3 heteroatoms. The molecule has 0 rings (SSSR count). The normalized spacial score (nSPS) is 9.90. The highest BCUT2D eigenvalue weighted by molar-refractivity contribution is 7.03. The molecule has 0 amide bonds. The zero-order valence-electron chi connectivity index (χ0n) is 6.90. The largest absolute Gasteiger partial charge is 0.591 e. The highest BCUT2D eigenvalue weighted by atomic mass is 35.6. The summed E-state index contributed by atoms with van der Waals surface area (Å²) in [6, 6.07) is 0. The summed E-state index contributed by atoms with van der Waals surface area (Å²) in [6.45, 7) is 2.21. The number of rotatable bonds is 6. The first-order valence-electron chi connectivity index (χ1n) is 3.98. The molecule has 0 saturated heterocycles. The fraction of sp³-hybridized carbons (Fsp3) is 1.00. The smallest absolute Gasteiger partial charge is 0.491 e. The van der Waals surface area contributed by atoms with Crippen molar-refractivity contribution >= 4 is 23.6 Å². The minimum Gasteiger partial charge on any atom is -0.491 e. The molecule has 0 aliphatic heterocycles. The van der Waals surface area contributed by atoms with E-state index in [4.69, 9.17) is 13.8 Å². The standard InChI is InChI=1S/C6H13.CH3O.Al.ClH/c1-3-5-6-4-2;1-2;;/h1,3-6H2,2H3;1H3;;1H/q;-1;+2;/p-1. The van der Waals surface area contributed by atoms with Crippen LogP contribution in [0.4, 0.5) is 0 Å². The molecule has 0 radical (unpaired) electrons. The number of halogens is 1. The van der Waals surface area contributed by atoms with Crippen LogP contribution in [0.5, 0.6) is 0 Å². The Balaban J connectivity index is 2.89. The average Bonchev–Trinajstić information content (AvgIpc) is 1.98. The molecule has 0 N–H and O–H groups in total. The topological polar surface area (TPSA) is 9.23 Å². The molecule has 10 heavy (non-hydrogen) atoms. The van der Waals surface area contributed by atoms with Gasteiger partial charge in [0.2, 0.25) is 0 Å². The van der Waals surface area contributed by atoms with E-state index in [0.717, 1.165) is 5.28 Å². The minimum atomic E-state index is -1.25. The maximum Gasteiger partial charge on any atom is 0.591 e. The Morgan fingerprint density at radius 3 is 2.50 bits per heavy atom. The van der Waals surface area contributed by atoms with Crippen molar-refractivity contribution in [2.45, 2.75) is 37.9 Å². The van der Waals surface area contributed by atoms with Crippen molar-refractivity contribution in [3.63, 3.8) is 0 Å². The highest BCUT2D eigenvalue weighted by Crippen LogP contribution is 2.08. The van der Waals surface area contributed by atoms with Gasteiger partial charge in [-0.2, -0.15) is 0 Å². The van der Waals surface area contributed by atoms with Gasteiger partial charge in [0.1, 0.15) is 0 Å². The first-order chi connectivity index (χ1) is 4.81. The molecule has 0 fully saturated rings. The Kier molecular flexibility index (Phi) is 8.50. The second-order valence-corrected chi connectivity index (χ2v) is 5.82. The fourth-order valence-corrected chi connectivity index (χ4v) is 2.16. The molecule has 0 unspecified atom stereocenters. The van der Waals surface area contributed by atoms with E-state index in [-0.39, 0.29) is 0 Å². The third-order valence-electron chi connectivity index (χ3n) is 1.54. The molecule has 1 nitrogen and oxygen atoms in total. The Hall–Kier alpha value is 0.782. The Morgan fingerprint density at radius 1 is 1.30 bits per heavy atom. The minimum absolute atomic E-state index is 1.12. The lowest BCUT2D eigenvalue weighted by molar-refractivity contribution is 0.431. The average molecular weight is 179 g/mol. The van der Waals surface area contributed by atoms with Crippen molar-refractivity contribution in [2.24, 2.45) is 0 Å². The molecule has 0 aliphatic rings. The molecule has 0 saturated carbocycles. The first-order valence-corrected chi connectivity index (χ1v) is 7.01. The second-order valence-electron chi connectivity index (χ2n) is 2.50. The molecule has 0 bridgehead atoms. The van der Waals surface area contributed by atoms with E-state index in [1.54, 1.807) is 7.11 Å². The van der Waals surface area contributed by atoms with Crippen molar-refractivity contribution in [1.82, 2.24) is 0 Å². The van der Waals surface area contributed by atoms with Crippen molar-refractivity contribution in [2.75, 3.05) is 7.11 Å². The molecule has 0 spiro atoms. The zero-order chi connectivity index (χ0) is 7.82. The van der Waals surface area contributed by atoms with Gasteiger partial charge in [-0.25, -0.2) is 10.0 Å². The van der Waals surface area contributed by atoms with Crippen LogP contribution in [-0.4, -0.2) is 20.7 Å². The maximum atomic E-state index is 5.86. The van der Waals surface area contributed by atoms with E-state index >= 15 is 0 Å². The van der Waals surface area contributed by atoms with Crippen LogP contribution < -0.4 is 0 Å². The SMILES string of the molecule is CCCCC[CH2][Al]([Cl])[O]C. The summed E-state index contributed by atoms with van der Waals surface area (Å²) in [5, 5.41) is 1.12. The molecular weight excluding hydrogens is 163 g/mol. The van der Waals surface area contributed by atoms with Crippen LogP contribution in [0.25, 0.3) is 0 Å². The Morgan fingerprint density at radius 2 is 2.00 bits per heavy atom. The summed E-state index contributed by atoms with van der Waals surface area (Å²) >= 11 is -1.25. The van der Waals surface area contributed by atoms with E-state index < -0.39 is 13.6 Å². The van der Waals surface area contributed by atoms with Gasteiger partial charge in [0.25, 0.3) is 0 Å². The van der Waals surface area contributed by atoms with Crippen LogP contribution in [-0.2, 0) is 3.79 Å². The van der Waals surface area contributed by atoms with Crippen LogP contribution in [0.15, 0.2) is 0 Å². The third-order valence-corrected chi connectivity index (χ3v) is 4.10. The molecule has 0 aromatic rings. The van der Waals surface area contributed by atoms with Gasteiger partial charge in [0.15, 0.2) is 0 Å². The highest BCUT2D eigenvalue weighted by Gasteiger charge is 2.13. The summed E-state index contributed by atoms with van der Waals surface area (Å²) in [6.07, 6.45) is 5.20. The van der Waals surface area contributed by atoms with E-state index in [1.807, 2.05) is 0 Å². The molecule has 60 valence electrons. The summed E-state index contributed by atoms with van der Waals surface area (Å²) in [4.78, 5) is 0. The van der Waals surface area contributed by atoms with Crippen LogP contribution in [0.3, 0.4) is 0 Å². The zero-order valence-corrected chi connectivity index (χ0v) is 8.81. The lowest BCUT2D eigenvalue weighted by Gasteiger charge is -1.99. The summed E-state index contributed by atoms with van der Waals surface area (Å²) in [5.41, 5.74) is 0. The molecule has 0 atom stereocenters. The van der Waals surface area contributed by atoms with Gasteiger partial charge in [-0.15, -0.1) is 0 Å². The monoisotopic (exact) mass is 178 g/mol. The summed E-state index contributed by atoms with van der Waals surface area (Å²) in [5.74, 6) is 0. The van der Waals surface area contributed by atoms with E-state index in [0.29, 0.717) is 0 Å². The molecule has 0 aliphatic carbocycles. The molecule has 0 aromatic heterocycles. The van der Waals surface area contributed by atoms with Gasteiger partial charge in [-0.05, 0) is 0 Å². The number of hydrogen-bond donors (Lipinski definition) is 0. The predicted octanol–water partition coefficient (Wildman–Crippen LogP) is 2.94. The van der Waals surface area contributed by atoms with Gasteiger partial charge >= 0.3 is 13.6 Å². The van der Waals surface area contributed by atoms with Crippen LogP contribution in [0, 0.1) is 0 Å². The van der Waals surface area contributed by atoms with Gasteiger partial charge < -0.3 is 3.79 Å². The van der Waals surface area contributed by atoms with Crippen molar-refractivity contribution < 1.29 is 3.79 Å². The second kappa shape index (κ2) is 7.88. The molecular formula is C7H16AlClO. The quantitative estimate of drug-likeness (QED) is 0.449. The van der Waals surface area contributed by atoms with Crippen LogP contribution >= 0.6 is 10.0 Å². The van der Waals surface area contributed by atoms with Crippen molar-refractivity contribution in [1.29, 1.82) is 0 Å². The molecule has 0 heterocycles. The van der Waals surface area contributed by atoms with Gasteiger partial charge in [0, 0.05) is 7.11 Å². The van der Waals surface area contributed by atoms with Gasteiger partial charge in [-0.1, -0.05) is 37.9 Å². The third kappa shape index (κ3) is 6.90. The van der Waals surface area contributed by atoms with E-state index in [2.05, 4.69) is 6.92 Å². The number of unbranched alkanes of at least 4 members (excludes halogenated alkanes) is 3. The predicted molar refractivity (Wildman–Crippen MR) is 47.6 cm³/mol. The lowest BCUT2D eigenvalue weighted by Crippen LogP contribution is -2.05. The number of hydrogen-bond acceptors (Lipinski definition) is 1. The van der Waals surface area contributed by atoms with Crippen LogP contribution in [0.1, 0.15) is 32.6 Å².